The lowest BCUT2D eigenvalue weighted by molar-refractivity contribution is 0.457. The summed E-state index contributed by atoms with van der Waals surface area (Å²) in [5.74, 6) is 1.48. The van der Waals surface area contributed by atoms with Crippen LogP contribution in [-0.4, -0.2) is 0 Å². The van der Waals surface area contributed by atoms with Gasteiger partial charge in [-0.3, -0.25) is 0 Å². The van der Waals surface area contributed by atoms with Gasteiger partial charge in [-0.2, -0.15) is 0 Å². The van der Waals surface area contributed by atoms with Gasteiger partial charge in [0.15, 0.2) is 0 Å². The second-order valence-corrected chi connectivity index (χ2v) is 18.8. The minimum Gasteiger partial charge on any atom is -0.0987 e. The maximum Gasteiger partial charge on any atom is 0.0541 e. The fourth-order valence-electron chi connectivity index (χ4n) is 13.1. The van der Waals surface area contributed by atoms with Gasteiger partial charge in [0.2, 0.25) is 0 Å². The molecular weight excluding hydrogens is 757 g/mol. The molecule has 0 heteroatoms. The second kappa shape index (κ2) is 15.4. The maximum atomic E-state index is 4.48. The summed E-state index contributed by atoms with van der Waals surface area (Å²) in [7, 11) is 0. The molecule has 9 aliphatic rings. The molecule has 12 rings (SSSR count). The van der Waals surface area contributed by atoms with E-state index in [9.17, 15) is 0 Å². The number of fused-ring (bicyclic) bond motifs is 10. The lowest BCUT2D eigenvalue weighted by Crippen LogP contribution is -2.41. The maximum absolute atomic E-state index is 4.48. The Kier molecular flexibility index (Phi) is 9.33. The number of hydrogen-bond donors (Lipinski definition) is 0. The van der Waals surface area contributed by atoms with Crippen molar-refractivity contribution in [3.8, 4) is 11.1 Å². The van der Waals surface area contributed by atoms with Crippen LogP contribution in [0.15, 0.2) is 251 Å². The monoisotopic (exact) mass is 810 g/mol. The van der Waals surface area contributed by atoms with Crippen molar-refractivity contribution in [3.05, 3.63) is 273 Å². The largest absolute Gasteiger partial charge is 0.0987 e. The highest BCUT2D eigenvalue weighted by atomic mass is 14.6. The van der Waals surface area contributed by atoms with Crippen LogP contribution in [0.5, 0.6) is 0 Å². The molecule has 0 heterocycles. The molecule has 0 aromatic heterocycles. The van der Waals surface area contributed by atoms with E-state index in [0.29, 0.717) is 5.92 Å². The fraction of sp³-hybridized carbons (Fsp3) is 0.206. The SMILES string of the molecule is C=CC1=C(C=C)C2(c3ccccc3-c3ccccc32)C2CC(C3=c4ccccc4=C(C4=CC=C(C=CC5=CC=C(C6=CC=C7C=CCCC7C6)CC5)CC4)C4C=CC=CC34)=CC=C12. The molecule has 0 saturated carbocycles. The van der Waals surface area contributed by atoms with Crippen molar-refractivity contribution in [2.75, 3.05) is 0 Å². The topological polar surface area (TPSA) is 0 Å². The zero-order chi connectivity index (χ0) is 42.1. The summed E-state index contributed by atoms with van der Waals surface area (Å²) >= 11 is 0. The van der Waals surface area contributed by atoms with Crippen LogP contribution >= 0.6 is 0 Å². The van der Waals surface area contributed by atoms with E-state index in [2.05, 4.69) is 195 Å². The molecule has 0 saturated heterocycles. The van der Waals surface area contributed by atoms with Crippen molar-refractivity contribution >= 4 is 11.1 Å². The molecule has 306 valence electrons. The van der Waals surface area contributed by atoms with Gasteiger partial charge in [-0.05, 0) is 157 Å². The van der Waals surface area contributed by atoms with Crippen molar-refractivity contribution < 1.29 is 0 Å². The zero-order valence-corrected chi connectivity index (χ0v) is 36.2. The third-order valence-electron chi connectivity index (χ3n) is 15.9. The van der Waals surface area contributed by atoms with Crippen LogP contribution in [0.3, 0.4) is 0 Å². The molecular formula is C63H54. The number of allylic oxidation sites excluding steroid dienone is 28. The summed E-state index contributed by atoms with van der Waals surface area (Å²) in [4.78, 5) is 0. The standard InChI is InChI=1S/C63H54/c1-3-49-52-38-37-48(40-60(52)63(57(49)4-2)58-23-13-11-17-50(58)51-18-12-14-24-59(51)63)62-55-21-9-7-19-53(55)61(54-20-8-10-22-56(54)62)45-33-29-42(30-34-45)26-25-41-27-31-44(32-28-41)47-36-35-43-15-5-6-16-46(43)39-47/h3-5,7-15,17-27,29,31,33,35-38,46,53,55,60H,1-2,6,16,28,30,32,34,39-40H2. The highest BCUT2D eigenvalue weighted by molar-refractivity contribution is 5.88. The first-order valence-corrected chi connectivity index (χ1v) is 23.5. The van der Waals surface area contributed by atoms with Crippen LogP contribution in [0.1, 0.15) is 62.5 Å². The lowest BCUT2D eigenvalue weighted by atomic mass is 9.61. The Morgan fingerprint density at radius 3 is 1.79 bits per heavy atom. The van der Waals surface area contributed by atoms with Crippen molar-refractivity contribution in [1.82, 2.24) is 0 Å². The Labute approximate surface area is 373 Å². The van der Waals surface area contributed by atoms with Gasteiger partial charge in [0.05, 0.1) is 5.41 Å². The predicted molar refractivity (Wildman–Crippen MR) is 265 cm³/mol. The van der Waals surface area contributed by atoms with E-state index in [1.807, 2.05) is 0 Å². The van der Waals surface area contributed by atoms with E-state index in [0.717, 1.165) is 32.1 Å². The first kappa shape index (κ1) is 38.2. The van der Waals surface area contributed by atoms with E-state index in [1.165, 1.54) is 113 Å². The van der Waals surface area contributed by atoms with Crippen LogP contribution in [0.4, 0.5) is 0 Å². The van der Waals surface area contributed by atoms with E-state index in [-0.39, 0.29) is 23.2 Å². The molecule has 0 amide bonds. The molecule has 3 aromatic carbocycles. The third kappa shape index (κ3) is 5.94. The van der Waals surface area contributed by atoms with Gasteiger partial charge in [-0.1, -0.05) is 195 Å². The minimum absolute atomic E-state index is 0.226. The van der Waals surface area contributed by atoms with Crippen molar-refractivity contribution in [2.45, 2.75) is 56.8 Å². The summed E-state index contributed by atoms with van der Waals surface area (Å²) < 4.78 is 0. The molecule has 0 N–H and O–H groups in total. The first-order chi connectivity index (χ1) is 31.1. The molecule has 63 heavy (non-hydrogen) atoms. The van der Waals surface area contributed by atoms with Gasteiger partial charge in [-0.15, -0.1) is 0 Å². The Morgan fingerprint density at radius 2 is 1.16 bits per heavy atom. The number of rotatable bonds is 7. The average molecular weight is 811 g/mol. The van der Waals surface area contributed by atoms with Gasteiger partial charge in [0, 0.05) is 17.8 Å². The van der Waals surface area contributed by atoms with Crippen molar-refractivity contribution in [2.24, 2.45) is 23.7 Å². The molecule has 0 bridgehead atoms. The number of benzene rings is 3. The van der Waals surface area contributed by atoms with E-state index in [4.69, 9.17) is 0 Å². The third-order valence-corrected chi connectivity index (χ3v) is 15.9. The summed E-state index contributed by atoms with van der Waals surface area (Å²) in [6, 6.07) is 27.5. The Hall–Kier alpha value is -6.50. The Balaban J connectivity index is 0.899. The van der Waals surface area contributed by atoms with Crippen molar-refractivity contribution in [1.29, 1.82) is 0 Å². The smallest absolute Gasteiger partial charge is 0.0541 e. The normalized spacial score (nSPS) is 25.9. The quantitative estimate of drug-likeness (QED) is 0.223. The summed E-state index contributed by atoms with van der Waals surface area (Å²) in [5.41, 5.74) is 22.5. The van der Waals surface area contributed by atoms with Crippen LogP contribution in [-0.2, 0) is 5.41 Å². The van der Waals surface area contributed by atoms with E-state index >= 15 is 0 Å². The molecule has 0 radical (unpaired) electrons. The summed E-state index contributed by atoms with van der Waals surface area (Å²) in [5, 5.41) is 2.78. The molecule has 0 aliphatic heterocycles. The first-order valence-electron chi connectivity index (χ1n) is 23.5. The summed E-state index contributed by atoms with van der Waals surface area (Å²) in [6.07, 6.45) is 51.5. The van der Waals surface area contributed by atoms with Crippen molar-refractivity contribution in [3.63, 3.8) is 0 Å². The predicted octanol–water partition coefficient (Wildman–Crippen LogP) is 14.0. The molecule has 4 atom stereocenters. The lowest BCUT2D eigenvalue weighted by Gasteiger charge is -2.40. The van der Waals surface area contributed by atoms with Crippen LogP contribution < -0.4 is 10.4 Å². The van der Waals surface area contributed by atoms with Crippen LogP contribution in [0.2, 0.25) is 0 Å². The van der Waals surface area contributed by atoms with E-state index in [1.54, 1.807) is 5.57 Å². The average Bonchev–Trinajstić information content (AvgIpc) is 3.81. The number of hydrogen-bond acceptors (Lipinski definition) is 0. The molecule has 0 nitrogen and oxygen atoms in total. The van der Waals surface area contributed by atoms with Gasteiger partial charge in [0.25, 0.3) is 0 Å². The molecule has 1 spiro atoms. The van der Waals surface area contributed by atoms with Gasteiger partial charge in [-0.25, -0.2) is 0 Å². The minimum atomic E-state index is -0.321. The highest BCUT2D eigenvalue weighted by Gasteiger charge is 2.57. The molecule has 0 fully saturated rings. The molecule has 4 unspecified atom stereocenters. The fourth-order valence-corrected chi connectivity index (χ4v) is 13.1. The zero-order valence-electron chi connectivity index (χ0n) is 36.2. The summed E-state index contributed by atoms with van der Waals surface area (Å²) in [6.45, 7) is 8.87. The van der Waals surface area contributed by atoms with Gasteiger partial charge in [0.1, 0.15) is 0 Å². The van der Waals surface area contributed by atoms with Crippen LogP contribution in [0.25, 0.3) is 22.3 Å². The van der Waals surface area contributed by atoms with Gasteiger partial charge >= 0.3 is 0 Å². The van der Waals surface area contributed by atoms with Crippen LogP contribution in [0, 0.1) is 23.7 Å². The Morgan fingerprint density at radius 1 is 0.556 bits per heavy atom. The molecule has 9 aliphatic carbocycles. The second-order valence-electron chi connectivity index (χ2n) is 18.8. The Bertz CT molecular complexity index is 3050. The molecule has 3 aromatic rings. The highest BCUT2D eigenvalue weighted by Crippen LogP contribution is 2.66. The van der Waals surface area contributed by atoms with E-state index < -0.39 is 0 Å². The van der Waals surface area contributed by atoms with Gasteiger partial charge < -0.3 is 0 Å².